The van der Waals surface area contributed by atoms with Crippen LogP contribution in [0.3, 0.4) is 0 Å². The molecule has 5 heteroatoms. The van der Waals surface area contributed by atoms with Gasteiger partial charge in [0, 0.05) is 39.1 Å². The largest absolute Gasteiger partial charge is 0.398 e. The van der Waals surface area contributed by atoms with E-state index in [0.717, 1.165) is 16.6 Å². The average molecular weight is 341 g/mol. The second-order valence-corrected chi connectivity index (χ2v) is 6.48. The summed E-state index contributed by atoms with van der Waals surface area (Å²) >= 11 is 5.15. The summed E-state index contributed by atoms with van der Waals surface area (Å²) in [5, 5.41) is 12.3. The predicted molar refractivity (Wildman–Crippen MR) is 84.2 cm³/mol. The number of nitrogens with two attached hydrogens (primary N) is 1. The molecule has 0 saturated carbocycles. The molecular weight excluding hydrogens is 324 g/mol. The number of halogens is 1. The van der Waals surface area contributed by atoms with Crippen molar-refractivity contribution < 1.29 is 5.11 Å². The van der Waals surface area contributed by atoms with Gasteiger partial charge >= 0.3 is 0 Å². The van der Waals surface area contributed by atoms with E-state index in [1.54, 1.807) is 11.3 Å². The fraction of sp³-hybridized carbons (Fsp3) is 0.286. The van der Waals surface area contributed by atoms with Crippen LogP contribution in [0, 0.1) is 0 Å². The van der Waals surface area contributed by atoms with E-state index in [1.807, 2.05) is 31.3 Å². The lowest BCUT2D eigenvalue weighted by atomic mass is 10.1. The molecule has 0 aliphatic carbocycles. The van der Waals surface area contributed by atoms with Crippen LogP contribution in [-0.4, -0.2) is 23.6 Å². The maximum atomic E-state index is 10.2. The number of hydrogen-bond acceptors (Lipinski definition) is 4. The monoisotopic (exact) mass is 340 g/mol. The number of aliphatic hydroxyl groups is 1. The van der Waals surface area contributed by atoms with E-state index < -0.39 is 6.10 Å². The summed E-state index contributed by atoms with van der Waals surface area (Å²) in [5.74, 6) is 0. The molecule has 1 heterocycles. The summed E-state index contributed by atoms with van der Waals surface area (Å²) in [6.07, 6.45) is -0.561. The van der Waals surface area contributed by atoms with E-state index in [2.05, 4.69) is 32.3 Å². The van der Waals surface area contributed by atoms with Gasteiger partial charge in [0.25, 0.3) is 0 Å². The molecule has 0 bridgehead atoms. The van der Waals surface area contributed by atoms with E-state index in [4.69, 9.17) is 5.73 Å². The Labute approximate surface area is 125 Å². The summed E-state index contributed by atoms with van der Waals surface area (Å²) in [4.78, 5) is 3.36. The number of nitrogens with zero attached hydrogens (tertiary/aromatic N) is 1. The molecule has 3 N–H and O–H groups in total. The van der Waals surface area contributed by atoms with E-state index in [-0.39, 0.29) is 0 Å². The number of anilines is 1. The highest BCUT2D eigenvalue weighted by molar-refractivity contribution is 9.10. The number of rotatable bonds is 5. The SMILES string of the molecule is CN(Cc1cc(Br)cs1)CC(O)c1ccccc1N. The first-order valence-electron chi connectivity index (χ1n) is 6.00. The maximum absolute atomic E-state index is 10.2. The van der Waals surface area contributed by atoms with Crippen molar-refractivity contribution in [2.75, 3.05) is 19.3 Å². The third-order valence-corrected chi connectivity index (χ3v) is 4.57. The van der Waals surface area contributed by atoms with Gasteiger partial charge in [0.15, 0.2) is 0 Å². The second-order valence-electron chi connectivity index (χ2n) is 4.57. The van der Waals surface area contributed by atoms with Crippen LogP contribution < -0.4 is 5.73 Å². The Balaban J connectivity index is 1.95. The van der Waals surface area contributed by atoms with Crippen molar-refractivity contribution in [2.24, 2.45) is 0 Å². The van der Waals surface area contributed by atoms with Crippen molar-refractivity contribution in [1.82, 2.24) is 4.90 Å². The molecule has 3 nitrogen and oxygen atoms in total. The molecule has 19 heavy (non-hydrogen) atoms. The molecule has 2 aromatic rings. The van der Waals surface area contributed by atoms with E-state index in [0.29, 0.717) is 12.2 Å². The van der Waals surface area contributed by atoms with Crippen LogP contribution in [0.2, 0.25) is 0 Å². The molecule has 1 atom stereocenters. The van der Waals surface area contributed by atoms with Crippen LogP contribution in [0.15, 0.2) is 40.2 Å². The van der Waals surface area contributed by atoms with Crippen molar-refractivity contribution in [2.45, 2.75) is 12.6 Å². The minimum atomic E-state index is -0.561. The van der Waals surface area contributed by atoms with Crippen molar-refractivity contribution >= 4 is 33.0 Å². The smallest absolute Gasteiger partial charge is 0.0936 e. The molecule has 2 rings (SSSR count). The fourth-order valence-corrected chi connectivity index (χ4v) is 3.51. The van der Waals surface area contributed by atoms with Gasteiger partial charge in [-0.3, -0.25) is 4.90 Å². The molecule has 0 spiro atoms. The number of nitrogen functional groups attached to an aromatic ring is 1. The minimum absolute atomic E-state index is 0.559. The van der Waals surface area contributed by atoms with Gasteiger partial charge in [-0.15, -0.1) is 11.3 Å². The van der Waals surface area contributed by atoms with E-state index in [1.165, 1.54) is 4.88 Å². The molecule has 0 fully saturated rings. The van der Waals surface area contributed by atoms with Crippen LogP contribution >= 0.6 is 27.3 Å². The standard InChI is InChI=1S/C14H17BrN2OS/c1-17(7-11-6-10(15)9-19-11)8-14(18)12-4-2-3-5-13(12)16/h2-6,9,14,18H,7-8,16H2,1H3. The van der Waals surface area contributed by atoms with Crippen LogP contribution in [-0.2, 0) is 6.54 Å². The van der Waals surface area contributed by atoms with Gasteiger partial charge in [-0.05, 0) is 35.1 Å². The van der Waals surface area contributed by atoms with Gasteiger partial charge in [0.05, 0.1) is 6.10 Å². The third-order valence-electron chi connectivity index (χ3n) is 2.89. The van der Waals surface area contributed by atoms with E-state index in [9.17, 15) is 5.11 Å². The molecule has 0 radical (unpaired) electrons. The molecule has 1 aromatic heterocycles. The van der Waals surface area contributed by atoms with Gasteiger partial charge in [0.1, 0.15) is 0 Å². The molecule has 0 amide bonds. The van der Waals surface area contributed by atoms with Gasteiger partial charge in [0.2, 0.25) is 0 Å². The number of benzene rings is 1. The molecule has 1 aromatic carbocycles. The minimum Gasteiger partial charge on any atom is -0.398 e. The lowest BCUT2D eigenvalue weighted by molar-refractivity contribution is 0.125. The Kier molecular flexibility index (Phi) is 4.99. The fourth-order valence-electron chi connectivity index (χ4n) is 1.98. The highest BCUT2D eigenvalue weighted by Gasteiger charge is 2.13. The lowest BCUT2D eigenvalue weighted by Crippen LogP contribution is -2.24. The first-order chi connectivity index (χ1) is 9.06. The van der Waals surface area contributed by atoms with Crippen LogP contribution in [0.5, 0.6) is 0 Å². The molecule has 1 unspecified atom stereocenters. The molecule has 0 aliphatic rings. The average Bonchev–Trinajstić information content (AvgIpc) is 2.74. The zero-order valence-electron chi connectivity index (χ0n) is 10.7. The Hall–Kier alpha value is -0.880. The summed E-state index contributed by atoms with van der Waals surface area (Å²) in [6.45, 7) is 1.38. The number of para-hydroxylation sites is 1. The Morgan fingerprint density at radius 2 is 2.16 bits per heavy atom. The Morgan fingerprint density at radius 1 is 1.42 bits per heavy atom. The molecule has 0 aliphatic heterocycles. The van der Waals surface area contributed by atoms with Gasteiger partial charge in [-0.25, -0.2) is 0 Å². The zero-order valence-corrected chi connectivity index (χ0v) is 13.1. The first kappa shape index (κ1) is 14.5. The highest BCUT2D eigenvalue weighted by Crippen LogP contribution is 2.23. The number of aliphatic hydroxyl groups excluding tert-OH is 1. The van der Waals surface area contributed by atoms with Gasteiger partial charge in [-0.1, -0.05) is 18.2 Å². The van der Waals surface area contributed by atoms with Crippen molar-refractivity contribution in [3.05, 3.63) is 50.6 Å². The summed E-state index contributed by atoms with van der Waals surface area (Å²) in [5.41, 5.74) is 7.30. The normalized spacial score (nSPS) is 12.8. The first-order valence-corrected chi connectivity index (χ1v) is 7.67. The number of likely N-dealkylation sites (N-methyl/N-ethyl adjacent to an activating group) is 1. The summed E-state index contributed by atoms with van der Waals surface area (Å²) < 4.78 is 1.11. The van der Waals surface area contributed by atoms with Crippen LogP contribution in [0.25, 0.3) is 0 Å². The molecular formula is C14H17BrN2OS. The van der Waals surface area contributed by atoms with Crippen molar-refractivity contribution in [3.63, 3.8) is 0 Å². The summed E-state index contributed by atoms with van der Waals surface area (Å²) in [6, 6.07) is 9.55. The quantitative estimate of drug-likeness (QED) is 0.821. The molecule has 0 saturated heterocycles. The summed E-state index contributed by atoms with van der Waals surface area (Å²) in [7, 11) is 2.00. The van der Waals surface area contributed by atoms with Gasteiger partial charge in [-0.2, -0.15) is 0 Å². The topological polar surface area (TPSA) is 49.5 Å². The predicted octanol–water partition coefficient (Wildman–Crippen LogP) is 3.26. The van der Waals surface area contributed by atoms with Gasteiger partial charge < -0.3 is 10.8 Å². The Morgan fingerprint density at radius 3 is 2.79 bits per heavy atom. The number of hydrogen-bond donors (Lipinski definition) is 2. The van der Waals surface area contributed by atoms with Crippen molar-refractivity contribution in [3.8, 4) is 0 Å². The number of thiophene rings is 1. The van der Waals surface area contributed by atoms with Crippen LogP contribution in [0.1, 0.15) is 16.5 Å². The highest BCUT2D eigenvalue weighted by atomic mass is 79.9. The zero-order chi connectivity index (χ0) is 13.8. The molecule has 102 valence electrons. The second kappa shape index (κ2) is 6.52. The Bertz CT molecular complexity index is 544. The van der Waals surface area contributed by atoms with Crippen molar-refractivity contribution in [1.29, 1.82) is 0 Å². The third kappa shape index (κ3) is 4.04. The van der Waals surface area contributed by atoms with Crippen LogP contribution in [0.4, 0.5) is 5.69 Å². The maximum Gasteiger partial charge on any atom is 0.0936 e. The lowest BCUT2D eigenvalue weighted by Gasteiger charge is -2.21. The van der Waals surface area contributed by atoms with E-state index >= 15 is 0 Å².